The second-order valence-electron chi connectivity index (χ2n) is 30.2. The molecule has 0 aliphatic heterocycles. The smallest absolute Gasteiger partial charge is 0.260 e. The van der Waals surface area contributed by atoms with E-state index in [-0.39, 0.29) is 0 Å². The molecule has 128 heavy (non-hydrogen) atoms. The Hall–Kier alpha value is -16.2. The van der Waals surface area contributed by atoms with Gasteiger partial charge in [0.25, 0.3) is 11.8 Å². The molecule has 30 aromatic rings. The third-order valence-electron chi connectivity index (χ3n) is 22.9. The van der Waals surface area contributed by atoms with Crippen molar-refractivity contribution in [2.45, 2.75) is 0 Å². The molecule has 0 aliphatic carbocycles. The van der Waals surface area contributed by atoms with Gasteiger partial charge in [-0.1, -0.05) is 224 Å². The minimum Gasteiger partial charge on any atom is -0.416 e. The van der Waals surface area contributed by atoms with Crippen molar-refractivity contribution in [1.82, 2.24) is 97.0 Å². The number of benzene rings is 14. The molecule has 24 nitrogen and oxygen atoms in total. The zero-order chi connectivity index (χ0) is 83.8. The molecular formula is C98H52N20O4S6. The summed E-state index contributed by atoms with van der Waals surface area (Å²) in [7, 11) is 0. The number of para-hydroxylation sites is 12. The van der Waals surface area contributed by atoms with Crippen molar-refractivity contribution in [3.8, 4) is 91.5 Å². The fourth-order valence-electron chi connectivity index (χ4n) is 17.2. The molecule has 0 atom stereocenters. The summed E-state index contributed by atoms with van der Waals surface area (Å²) in [6.07, 6.45) is 0. The lowest BCUT2D eigenvalue weighted by molar-refractivity contribution is 0.432. The standard InChI is InChI=1S/2C28H14N6OS2.2C21H12N4OS/c1-3-13-21-17(9-1)33-19-11-5-7-15(23(19)29-27(33)36-21)25-31-26(35-32-25)16-8-6-12-20-24(16)30-28-34(20)18-10-2-4-14-22(18)37-28;1-3-11-19-17(9-1)29-27-33(19)21-13-5-7-15(23(21)36-27)25-31-32-26(35-25)16-8-6-14-22-24(16)37-28-30-18-10-2-4-12-20(18)34(22)28;1-2-7-13(8-3-1)20-23-19(24-26-20)14-9-6-11-16-18(14)22-21-25(16)15-10-4-5-12-17(15)27-21;1-2-7-13(8-3-1)19-23-24-20(26-19)14-9-6-12-17-18(14)27-21-22-15-10-4-5-11-16(15)25(17)21/h2*1-14H;2*1-12H. The lowest BCUT2D eigenvalue weighted by Gasteiger charge is -2.00. The van der Waals surface area contributed by atoms with Crippen molar-refractivity contribution in [2.75, 3.05) is 0 Å². The third-order valence-corrected chi connectivity index (χ3v) is 29.2. The molecule has 30 rings (SSSR count). The van der Waals surface area contributed by atoms with Crippen LogP contribution in [0.5, 0.6) is 0 Å². The highest BCUT2D eigenvalue weighted by Gasteiger charge is 2.27. The zero-order valence-corrected chi connectivity index (χ0v) is 70.9. The Morgan fingerprint density at radius 3 is 0.883 bits per heavy atom. The molecule has 16 heterocycles. The summed E-state index contributed by atoms with van der Waals surface area (Å²) in [5.41, 5.74) is 25.8. The first-order valence-corrected chi connectivity index (χ1v) is 45.5. The normalized spacial score (nSPS) is 12.1. The summed E-state index contributed by atoms with van der Waals surface area (Å²) < 4.78 is 43.6. The van der Waals surface area contributed by atoms with Crippen LogP contribution in [0.25, 0.3) is 249 Å². The van der Waals surface area contributed by atoms with Gasteiger partial charge in [0.05, 0.1) is 144 Å². The zero-order valence-electron chi connectivity index (χ0n) is 66.0. The number of imidazole rings is 6. The molecule has 0 radical (unpaired) electrons. The van der Waals surface area contributed by atoms with Crippen LogP contribution in [0.15, 0.2) is 333 Å². The van der Waals surface area contributed by atoms with Crippen molar-refractivity contribution >= 4 is 225 Å². The fraction of sp³-hybridized carbons (Fsp3) is 0. The van der Waals surface area contributed by atoms with Gasteiger partial charge in [0.1, 0.15) is 16.6 Å². The number of rotatable bonds is 8. The van der Waals surface area contributed by atoms with Crippen LogP contribution in [0.2, 0.25) is 0 Å². The summed E-state index contributed by atoms with van der Waals surface area (Å²) in [6.45, 7) is 0. The quantitative estimate of drug-likeness (QED) is 0.137. The Morgan fingerprint density at radius 1 is 0.195 bits per heavy atom. The Morgan fingerprint density at radius 2 is 0.477 bits per heavy atom. The highest BCUT2D eigenvalue weighted by atomic mass is 32.1. The summed E-state index contributed by atoms with van der Waals surface area (Å²) in [4.78, 5) is 44.3. The van der Waals surface area contributed by atoms with E-state index in [0.29, 0.717) is 47.0 Å². The first kappa shape index (κ1) is 72.3. The molecule has 0 amide bonds. The summed E-state index contributed by atoms with van der Waals surface area (Å²) in [5, 5.41) is 26.0. The van der Waals surface area contributed by atoms with Crippen molar-refractivity contribution in [3.63, 3.8) is 0 Å². The molecule has 0 aliphatic rings. The van der Waals surface area contributed by atoms with Crippen molar-refractivity contribution < 1.29 is 17.9 Å². The number of hydrogen-bond donors (Lipinski definition) is 0. The van der Waals surface area contributed by atoms with Gasteiger partial charge in [-0.25, -0.2) is 29.9 Å². The van der Waals surface area contributed by atoms with E-state index in [1.54, 1.807) is 68.0 Å². The largest absolute Gasteiger partial charge is 0.416 e. The number of hydrogen-bond acceptors (Lipinski definition) is 24. The molecule has 0 bridgehead atoms. The molecule has 14 aromatic carbocycles. The van der Waals surface area contributed by atoms with Crippen LogP contribution in [0, 0.1) is 0 Å². The van der Waals surface area contributed by atoms with Crippen molar-refractivity contribution in [3.05, 3.63) is 315 Å². The molecule has 0 saturated heterocycles. The van der Waals surface area contributed by atoms with E-state index in [1.807, 2.05) is 188 Å². The van der Waals surface area contributed by atoms with Crippen LogP contribution in [-0.4, -0.2) is 97.0 Å². The Bertz CT molecular complexity index is 8830. The van der Waals surface area contributed by atoms with E-state index in [1.165, 1.54) is 14.1 Å². The lowest BCUT2D eigenvalue weighted by atomic mass is 10.1. The molecule has 30 heteroatoms. The van der Waals surface area contributed by atoms with Gasteiger partial charge < -0.3 is 17.9 Å². The highest BCUT2D eigenvalue weighted by Crippen LogP contribution is 2.45. The van der Waals surface area contributed by atoms with Gasteiger partial charge >= 0.3 is 0 Å². The molecule has 0 saturated carbocycles. The van der Waals surface area contributed by atoms with Crippen molar-refractivity contribution in [1.29, 1.82) is 0 Å². The Kier molecular flexibility index (Phi) is 16.2. The number of nitrogens with zero attached hydrogens (tertiary/aromatic N) is 20. The maximum atomic E-state index is 6.32. The molecule has 0 unspecified atom stereocenters. The van der Waals surface area contributed by atoms with Crippen LogP contribution in [0.1, 0.15) is 0 Å². The first-order valence-electron chi connectivity index (χ1n) is 40.6. The van der Waals surface area contributed by atoms with Crippen LogP contribution < -0.4 is 0 Å². The molecule has 16 aromatic heterocycles. The van der Waals surface area contributed by atoms with Gasteiger partial charge in [0.2, 0.25) is 35.2 Å². The van der Waals surface area contributed by atoms with Gasteiger partial charge in [-0.15, -0.1) is 20.4 Å². The molecule has 0 spiro atoms. The predicted molar refractivity (Wildman–Crippen MR) is 511 cm³/mol. The molecule has 0 N–H and O–H groups in total. The van der Waals surface area contributed by atoms with Crippen LogP contribution in [0.3, 0.4) is 0 Å². The van der Waals surface area contributed by atoms with Gasteiger partial charge in [0.15, 0.2) is 29.8 Å². The van der Waals surface area contributed by atoms with Crippen LogP contribution >= 0.6 is 68.0 Å². The van der Waals surface area contributed by atoms with E-state index < -0.39 is 0 Å². The van der Waals surface area contributed by atoms with E-state index >= 15 is 0 Å². The van der Waals surface area contributed by atoms with Gasteiger partial charge in [-0.2, -0.15) is 9.97 Å². The van der Waals surface area contributed by atoms with E-state index in [2.05, 4.69) is 189 Å². The third kappa shape index (κ3) is 11.4. The topological polar surface area (TPSA) is 259 Å². The van der Waals surface area contributed by atoms with Crippen molar-refractivity contribution in [2.24, 2.45) is 0 Å². The van der Waals surface area contributed by atoms with E-state index in [0.717, 1.165) is 188 Å². The molecule has 0 fully saturated rings. The van der Waals surface area contributed by atoms with Gasteiger partial charge in [-0.3, -0.25) is 26.4 Å². The number of aromatic nitrogens is 20. The predicted octanol–water partition coefficient (Wildman–Crippen LogP) is 25.7. The first-order chi connectivity index (χ1) is 63.4. The second kappa shape index (κ2) is 28.7. The lowest BCUT2D eigenvalue weighted by Crippen LogP contribution is -1.86. The average molecular weight is 1770 g/mol. The second-order valence-corrected chi connectivity index (χ2v) is 36.2. The Labute approximate surface area is 741 Å². The minimum absolute atomic E-state index is 0.444. The van der Waals surface area contributed by atoms with E-state index in [9.17, 15) is 0 Å². The highest BCUT2D eigenvalue weighted by molar-refractivity contribution is 7.26. The maximum absolute atomic E-state index is 6.32. The monoisotopic (exact) mass is 1760 g/mol. The summed E-state index contributed by atoms with van der Waals surface area (Å²) in [5.74, 6) is 4.06. The van der Waals surface area contributed by atoms with Gasteiger partial charge in [-0.05, 0) is 170 Å². The summed E-state index contributed by atoms with van der Waals surface area (Å²) in [6, 6.07) is 106. The minimum atomic E-state index is 0.444. The summed E-state index contributed by atoms with van der Waals surface area (Å²) >= 11 is 9.94. The molecule has 604 valence electrons. The number of fused-ring (bicyclic) bond motifs is 30. The number of thiazole rings is 6. The maximum Gasteiger partial charge on any atom is 0.260 e. The fourth-order valence-corrected chi connectivity index (χ4v) is 23.7. The van der Waals surface area contributed by atoms with Gasteiger partial charge in [0, 0.05) is 11.1 Å². The van der Waals surface area contributed by atoms with Crippen LogP contribution in [-0.2, 0) is 0 Å². The Balaban J connectivity index is 0.0000000892. The average Bonchev–Trinajstić information content (AvgIpc) is 1.90. The SMILES string of the molecule is c1ccc(-c2nc(-c3cccc4c3nc3sc5ccccc5n34)no2)cc1.c1ccc(-c2nnc(-c3cccc4c3sc3nc5ccccc5n34)o2)cc1.c1ccc2c(c1)nc1sc3c(-c4nnc(-c5cccc6c5sc5nc7ccccc7n56)o4)cccc3n12.c1ccc2c(c1)sc1nc3c(-c4noc(-c5cccc6c5nc5sc7ccccc7n56)n4)cccc3n12. The molecular weight excluding hydrogens is 1710 g/mol. The van der Waals surface area contributed by atoms with E-state index in [4.69, 9.17) is 52.8 Å². The van der Waals surface area contributed by atoms with Crippen LogP contribution in [0.4, 0.5) is 0 Å².